The number of piperazine rings is 1. The summed E-state index contributed by atoms with van der Waals surface area (Å²) in [6.07, 6.45) is 0. The van der Waals surface area contributed by atoms with Crippen molar-refractivity contribution in [2.75, 3.05) is 39.4 Å². The molecule has 2 atom stereocenters. The lowest BCUT2D eigenvalue weighted by Crippen LogP contribution is -2.53. The third-order valence-corrected chi connectivity index (χ3v) is 7.39. The molecule has 2 unspecified atom stereocenters. The Hall–Kier alpha value is -3.26. The van der Waals surface area contributed by atoms with E-state index in [0.29, 0.717) is 59.2 Å². The van der Waals surface area contributed by atoms with Gasteiger partial charge in [-0.1, -0.05) is 47.5 Å². The van der Waals surface area contributed by atoms with Crippen LogP contribution in [0.3, 0.4) is 0 Å². The molecule has 1 saturated heterocycles. The second kappa shape index (κ2) is 12.3. The van der Waals surface area contributed by atoms with Crippen molar-refractivity contribution in [3.8, 4) is 11.5 Å². The maximum Gasteiger partial charge on any atom is 0.326 e. The van der Waals surface area contributed by atoms with Gasteiger partial charge < -0.3 is 19.7 Å². The average molecular weight is 568 g/mol. The van der Waals surface area contributed by atoms with E-state index in [9.17, 15) is 4.79 Å². The lowest BCUT2D eigenvalue weighted by molar-refractivity contribution is 0.157. The van der Waals surface area contributed by atoms with E-state index in [1.54, 1.807) is 0 Å². The predicted molar refractivity (Wildman–Crippen MR) is 155 cm³/mol. The number of urea groups is 1. The van der Waals surface area contributed by atoms with Gasteiger partial charge in [-0.2, -0.15) is 0 Å². The zero-order valence-electron chi connectivity index (χ0n) is 22.1. The minimum absolute atomic E-state index is 0.101. The van der Waals surface area contributed by atoms with Crippen LogP contribution in [0.4, 0.5) is 4.79 Å². The minimum atomic E-state index is -0.411. The number of halogens is 2. The van der Waals surface area contributed by atoms with Gasteiger partial charge in [-0.3, -0.25) is 9.89 Å². The van der Waals surface area contributed by atoms with Gasteiger partial charge in [0.2, 0.25) is 0 Å². The Kier molecular flexibility index (Phi) is 8.60. The van der Waals surface area contributed by atoms with Crippen molar-refractivity contribution in [3.63, 3.8) is 0 Å². The van der Waals surface area contributed by atoms with E-state index in [-0.39, 0.29) is 12.1 Å². The molecular weight excluding hydrogens is 535 g/mol. The van der Waals surface area contributed by atoms with Crippen LogP contribution in [0.25, 0.3) is 0 Å². The molecule has 0 aromatic heterocycles. The first-order valence-electron chi connectivity index (χ1n) is 13.3. The molecule has 3 aromatic carbocycles. The lowest BCUT2D eigenvalue weighted by atomic mass is 9.93. The van der Waals surface area contributed by atoms with Crippen molar-refractivity contribution in [2.24, 2.45) is 4.99 Å². The van der Waals surface area contributed by atoms with Gasteiger partial charge in [0.15, 0.2) is 0 Å². The smallest absolute Gasteiger partial charge is 0.326 e. The molecule has 1 N–H and O–H groups in total. The molecule has 39 heavy (non-hydrogen) atoms. The zero-order valence-corrected chi connectivity index (χ0v) is 23.6. The monoisotopic (exact) mass is 566 g/mol. The minimum Gasteiger partial charge on any atom is -0.494 e. The normalized spacial score (nSPS) is 19.1. The number of amides is 2. The highest BCUT2D eigenvalue weighted by Crippen LogP contribution is 2.45. The predicted octanol–water partition coefficient (Wildman–Crippen LogP) is 6.36. The average Bonchev–Trinajstić information content (AvgIpc) is 3.35. The maximum absolute atomic E-state index is 14.4. The Morgan fingerprint density at radius 2 is 1.51 bits per heavy atom. The van der Waals surface area contributed by atoms with Gasteiger partial charge >= 0.3 is 6.03 Å². The van der Waals surface area contributed by atoms with E-state index >= 15 is 0 Å². The summed E-state index contributed by atoms with van der Waals surface area (Å²) >= 11 is 12.5. The van der Waals surface area contributed by atoms with Crippen molar-refractivity contribution in [2.45, 2.75) is 25.9 Å². The van der Waals surface area contributed by atoms with Gasteiger partial charge in [-0.15, -0.1) is 0 Å². The number of hydrogen-bond acceptors (Lipinski definition) is 5. The molecule has 5 rings (SSSR count). The van der Waals surface area contributed by atoms with Crippen LogP contribution in [-0.4, -0.2) is 61.1 Å². The molecule has 2 heterocycles. The fourth-order valence-corrected chi connectivity index (χ4v) is 5.34. The number of rotatable bonds is 7. The third kappa shape index (κ3) is 5.86. The Morgan fingerprint density at radius 3 is 2.13 bits per heavy atom. The summed E-state index contributed by atoms with van der Waals surface area (Å²) in [5.41, 5.74) is 2.59. The summed E-state index contributed by atoms with van der Waals surface area (Å²) in [6, 6.07) is 20.1. The van der Waals surface area contributed by atoms with Crippen LogP contribution in [0.15, 0.2) is 71.7 Å². The molecular formula is C30H32Cl2N4O3. The molecule has 0 spiro atoms. The number of aliphatic imine (C=N–C) groups is 1. The Bertz CT molecular complexity index is 1330. The molecule has 9 heteroatoms. The molecule has 0 aliphatic carbocycles. The van der Waals surface area contributed by atoms with Crippen molar-refractivity contribution in [1.29, 1.82) is 0 Å². The number of carbonyl (C=O) groups is 1. The number of carbonyl (C=O) groups excluding carboxylic acids is 1. The van der Waals surface area contributed by atoms with Crippen LogP contribution in [0.1, 0.15) is 42.6 Å². The molecule has 3 aromatic rings. The van der Waals surface area contributed by atoms with Gasteiger partial charge in [0.05, 0.1) is 24.8 Å². The van der Waals surface area contributed by atoms with Crippen LogP contribution in [0.5, 0.6) is 11.5 Å². The van der Waals surface area contributed by atoms with Crippen LogP contribution in [0, 0.1) is 0 Å². The molecule has 2 amide bonds. The quantitative estimate of drug-likeness (QED) is 0.361. The number of nitrogens with one attached hydrogen (secondary N) is 1. The summed E-state index contributed by atoms with van der Waals surface area (Å²) in [4.78, 5) is 23.3. The highest BCUT2D eigenvalue weighted by Gasteiger charge is 2.44. The van der Waals surface area contributed by atoms with Gasteiger partial charge in [0.1, 0.15) is 23.4 Å². The Balaban J connectivity index is 1.71. The van der Waals surface area contributed by atoms with Gasteiger partial charge in [-0.05, 0) is 67.4 Å². The number of benzene rings is 3. The Labute approximate surface area is 239 Å². The van der Waals surface area contributed by atoms with Gasteiger partial charge in [-0.25, -0.2) is 4.79 Å². The van der Waals surface area contributed by atoms with E-state index in [2.05, 4.69) is 5.32 Å². The van der Waals surface area contributed by atoms with Crippen LogP contribution in [0.2, 0.25) is 10.0 Å². The highest BCUT2D eigenvalue weighted by atomic mass is 35.5. The molecule has 204 valence electrons. The summed E-state index contributed by atoms with van der Waals surface area (Å²) in [6.45, 7) is 7.57. The van der Waals surface area contributed by atoms with Crippen molar-refractivity contribution in [1.82, 2.24) is 15.1 Å². The van der Waals surface area contributed by atoms with Crippen LogP contribution in [-0.2, 0) is 0 Å². The summed E-state index contributed by atoms with van der Waals surface area (Å²) in [5.74, 6) is 1.87. The number of ether oxygens (including phenoxy) is 2. The molecule has 0 radical (unpaired) electrons. The van der Waals surface area contributed by atoms with E-state index in [1.807, 2.05) is 90.4 Å². The highest BCUT2D eigenvalue weighted by molar-refractivity contribution is 6.30. The van der Waals surface area contributed by atoms with E-state index in [0.717, 1.165) is 24.2 Å². The Morgan fingerprint density at radius 1 is 0.897 bits per heavy atom. The molecule has 2 aliphatic heterocycles. The molecule has 1 fully saturated rings. The molecule has 0 bridgehead atoms. The SMILES string of the molecule is CCOc1ccc(OCC)c(C2=NC(c3ccc(Cl)cc3)C(c3ccc(Cl)cc3)N2C(=O)N2CCNCC2)c1. The second-order valence-electron chi connectivity index (χ2n) is 9.36. The topological polar surface area (TPSA) is 66.4 Å². The first kappa shape index (κ1) is 27.3. The van der Waals surface area contributed by atoms with E-state index in [4.69, 9.17) is 37.7 Å². The van der Waals surface area contributed by atoms with Crippen LogP contribution < -0.4 is 14.8 Å². The number of hydrogen-bond donors (Lipinski definition) is 1. The second-order valence-corrected chi connectivity index (χ2v) is 10.2. The summed E-state index contributed by atoms with van der Waals surface area (Å²) in [5, 5.41) is 4.60. The van der Waals surface area contributed by atoms with Gasteiger partial charge in [0.25, 0.3) is 0 Å². The fourth-order valence-electron chi connectivity index (χ4n) is 5.08. The molecule has 2 aliphatic rings. The van der Waals surface area contributed by atoms with Crippen molar-refractivity contribution < 1.29 is 14.3 Å². The largest absolute Gasteiger partial charge is 0.494 e. The standard InChI is InChI=1S/C30H32Cl2N4O3/c1-3-38-24-13-14-26(39-4-2)25(19-24)29-34-27(20-5-9-22(31)10-6-20)28(21-7-11-23(32)12-8-21)36(29)30(37)35-17-15-33-16-18-35/h5-14,19,27-28,33H,3-4,15-18H2,1-2H3. The third-order valence-electron chi connectivity index (χ3n) is 6.89. The first-order valence-corrected chi connectivity index (χ1v) is 14.0. The van der Waals surface area contributed by atoms with Crippen molar-refractivity contribution >= 4 is 35.1 Å². The summed E-state index contributed by atoms with van der Waals surface area (Å²) < 4.78 is 11.9. The van der Waals surface area contributed by atoms with E-state index < -0.39 is 6.04 Å². The first-order chi connectivity index (χ1) is 19.0. The number of amidine groups is 1. The maximum atomic E-state index is 14.4. The van der Waals surface area contributed by atoms with Crippen molar-refractivity contribution in [3.05, 3.63) is 93.5 Å². The molecule has 7 nitrogen and oxygen atoms in total. The number of nitrogens with zero attached hydrogens (tertiary/aromatic N) is 3. The fraction of sp³-hybridized carbons (Fsp3) is 0.333. The summed E-state index contributed by atoms with van der Waals surface area (Å²) in [7, 11) is 0. The van der Waals surface area contributed by atoms with Crippen LogP contribution >= 0.6 is 23.2 Å². The molecule has 0 saturated carbocycles. The van der Waals surface area contributed by atoms with Gasteiger partial charge in [0, 0.05) is 36.2 Å². The zero-order chi connectivity index (χ0) is 27.4. The lowest BCUT2D eigenvalue weighted by Gasteiger charge is -2.36. The van der Waals surface area contributed by atoms with E-state index in [1.165, 1.54) is 0 Å².